The van der Waals surface area contributed by atoms with Gasteiger partial charge < -0.3 is 10.1 Å². The van der Waals surface area contributed by atoms with Gasteiger partial charge in [0.2, 0.25) is 0 Å². The molecule has 0 saturated heterocycles. The lowest BCUT2D eigenvalue weighted by molar-refractivity contribution is -0.127. The fraction of sp³-hybridized carbons (Fsp3) is 0.385. The molecule has 0 aliphatic carbocycles. The van der Waals surface area contributed by atoms with Crippen molar-refractivity contribution in [3.05, 3.63) is 29.6 Å². The molecule has 18 heavy (non-hydrogen) atoms. The first-order valence-corrected chi connectivity index (χ1v) is 5.72. The van der Waals surface area contributed by atoms with E-state index in [0.29, 0.717) is 6.54 Å². The number of ether oxygens (including phenoxy) is 1. The van der Waals surface area contributed by atoms with Crippen LogP contribution >= 0.6 is 0 Å². The minimum atomic E-state index is -0.705. The van der Waals surface area contributed by atoms with Crippen molar-refractivity contribution in [3.63, 3.8) is 0 Å². The van der Waals surface area contributed by atoms with E-state index in [9.17, 15) is 9.18 Å². The van der Waals surface area contributed by atoms with E-state index in [1.165, 1.54) is 12.1 Å². The maximum Gasteiger partial charge on any atom is 0.260 e. The molecule has 0 fully saturated rings. The third-order valence-electron chi connectivity index (χ3n) is 2.29. The second-order valence-corrected chi connectivity index (χ2v) is 3.80. The van der Waals surface area contributed by atoms with Gasteiger partial charge in [0.05, 0.1) is 5.56 Å². The van der Waals surface area contributed by atoms with E-state index in [1.54, 1.807) is 13.0 Å². The Labute approximate surface area is 105 Å². The van der Waals surface area contributed by atoms with Gasteiger partial charge in [-0.1, -0.05) is 6.92 Å². The van der Waals surface area contributed by atoms with Gasteiger partial charge in [-0.2, -0.15) is 5.26 Å². The Hall–Kier alpha value is -2.09. The van der Waals surface area contributed by atoms with Gasteiger partial charge in [-0.15, -0.1) is 0 Å². The molecule has 1 N–H and O–H groups in total. The number of rotatable bonds is 5. The zero-order valence-corrected chi connectivity index (χ0v) is 10.4. The first-order valence-electron chi connectivity index (χ1n) is 5.72. The molecule has 0 aliphatic rings. The molecule has 1 amide bonds. The van der Waals surface area contributed by atoms with Crippen molar-refractivity contribution in [3.8, 4) is 11.8 Å². The third-order valence-corrected chi connectivity index (χ3v) is 2.29. The van der Waals surface area contributed by atoms with Crippen molar-refractivity contribution < 1.29 is 13.9 Å². The second-order valence-electron chi connectivity index (χ2n) is 3.80. The number of halogens is 1. The van der Waals surface area contributed by atoms with Crippen LogP contribution < -0.4 is 10.1 Å². The summed E-state index contributed by atoms with van der Waals surface area (Å²) in [4.78, 5) is 11.5. The number of hydrogen-bond acceptors (Lipinski definition) is 3. The summed E-state index contributed by atoms with van der Waals surface area (Å²) in [5.41, 5.74) is -0.0505. The highest BCUT2D eigenvalue weighted by atomic mass is 19.1. The molecule has 0 bridgehead atoms. The van der Waals surface area contributed by atoms with E-state index >= 15 is 0 Å². The number of benzene rings is 1. The molecule has 0 unspecified atom stereocenters. The normalized spacial score (nSPS) is 11.4. The highest BCUT2D eigenvalue weighted by Gasteiger charge is 2.14. The molecule has 5 heteroatoms. The molecule has 0 aliphatic heterocycles. The summed E-state index contributed by atoms with van der Waals surface area (Å²) in [5, 5.41) is 11.3. The van der Waals surface area contributed by atoms with Crippen LogP contribution in [0.1, 0.15) is 25.8 Å². The Morgan fingerprint density at radius 3 is 2.89 bits per heavy atom. The summed E-state index contributed by atoms with van der Waals surface area (Å²) < 4.78 is 18.6. The molecule has 0 spiro atoms. The Morgan fingerprint density at radius 1 is 1.61 bits per heavy atom. The molecule has 1 aromatic rings. The first-order chi connectivity index (χ1) is 8.58. The molecule has 1 atom stereocenters. The van der Waals surface area contributed by atoms with E-state index in [1.807, 2.05) is 6.92 Å². The van der Waals surface area contributed by atoms with Gasteiger partial charge in [0.1, 0.15) is 17.6 Å². The van der Waals surface area contributed by atoms with E-state index in [4.69, 9.17) is 10.00 Å². The van der Waals surface area contributed by atoms with Gasteiger partial charge >= 0.3 is 0 Å². The standard InChI is InChI=1S/C13H15FN2O2/c1-3-6-16-13(17)9(2)18-11-5-4-10(8-15)12(14)7-11/h4-5,7,9H,3,6H2,1-2H3,(H,16,17)/t9-/m0/s1. The minimum absolute atomic E-state index is 0.0505. The predicted molar refractivity (Wildman–Crippen MR) is 64.5 cm³/mol. The summed E-state index contributed by atoms with van der Waals surface area (Å²) in [6, 6.07) is 5.60. The molecule has 4 nitrogen and oxygen atoms in total. The van der Waals surface area contributed by atoms with Crippen molar-refractivity contribution in [2.24, 2.45) is 0 Å². The largest absolute Gasteiger partial charge is 0.481 e. The highest BCUT2D eigenvalue weighted by molar-refractivity contribution is 5.80. The third kappa shape index (κ3) is 3.74. The first kappa shape index (κ1) is 14.0. The van der Waals surface area contributed by atoms with Crippen LogP contribution in [0.2, 0.25) is 0 Å². The smallest absolute Gasteiger partial charge is 0.260 e. The molecule has 96 valence electrons. The molecular weight excluding hydrogens is 235 g/mol. The molecule has 0 aromatic heterocycles. The van der Waals surface area contributed by atoms with E-state index in [-0.39, 0.29) is 17.2 Å². The Kier molecular flexibility index (Phi) is 5.12. The molecule has 0 heterocycles. The van der Waals surface area contributed by atoms with Gasteiger partial charge in [-0.25, -0.2) is 4.39 Å². The number of carbonyl (C=O) groups is 1. The van der Waals surface area contributed by atoms with E-state index < -0.39 is 11.9 Å². The lowest BCUT2D eigenvalue weighted by atomic mass is 10.2. The van der Waals surface area contributed by atoms with Crippen LogP contribution in [0.3, 0.4) is 0 Å². The number of carbonyl (C=O) groups excluding carboxylic acids is 1. The van der Waals surface area contributed by atoms with Crippen LogP contribution in [0.15, 0.2) is 18.2 Å². The van der Waals surface area contributed by atoms with Crippen molar-refractivity contribution >= 4 is 5.91 Å². The van der Waals surface area contributed by atoms with Crippen molar-refractivity contribution in [1.29, 1.82) is 5.26 Å². The zero-order chi connectivity index (χ0) is 13.5. The lowest BCUT2D eigenvalue weighted by Crippen LogP contribution is -2.36. The summed E-state index contributed by atoms with van der Waals surface area (Å²) >= 11 is 0. The number of amides is 1. The average Bonchev–Trinajstić information content (AvgIpc) is 2.36. The Morgan fingerprint density at radius 2 is 2.33 bits per heavy atom. The summed E-state index contributed by atoms with van der Waals surface area (Å²) in [6.07, 6.45) is 0.133. The summed E-state index contributed by atoms with van der Waals surface area (Å²) in [5.74, 6) is -0.677. The molecule has 1 rings (SSSR count). The molecular formula is C13H15FN2O2. The van der Waals surface area contributed by atoms with Gasteiger partial charge in [0.15, 0.2) is 6.10 Å². The van der Waals surface area contributed by atoms with Gasteiger partial charge in [0.25, 0.3) is 5.91 Å². The molecule has 0 saturated carbocycles. The fourth-order valence-corrected chi connectivity index (χ4v) is 1.31. The fourth-order valence-electron chi connectivity index (χ4n) is 1.31. The maximum atomic E-state index is 13.3. The minimum Gasteiger partial charge on any atom is -0.481 e. The number of nitrogens with one attached hydrogen (secondary N) is 1. The second kappa shape index (κ2) is 6.60. The van der Waals surface area contributed by atoms with Gasteiger partial charge in [-0.3, -0.25) is 4.79 Å². The molecule has 0 radical (unpaired) electrons. The Balaban J connectivity index is 2.65. The average molecular weight is 250 g/mol. The van der Waals surface area contributed by atoms with Crippen molar-refractivity contribution in [1.82, 2.24) is 5.32 Å². The SMILES string of the molecule is CCCNC(=O)[C@H](C)Oc1ccc(C#N)c(F)c1. The van der Waals surface area contributed by atoms with Crippen LogP contribution in [-0.4, -0.2) is 18.6 Å². The van der Waals surface area contributed by atoms with Gasteiger partial charge in [-0.05, 0) is 25.5 Å². The number of nitrogens with zero attached hydrogens (tertiary/aromatic N) is 1. The number of nitriles is 1. The maximum absolute atomic E-state index is 13.3. The van der Waals surface area contributed by atoms with Crippen LogP contribution in [-0.2, 0) is 4.79 Å². The predicted octanol–water partition coefficient (Wildman–Crippen LogP) is 1.99. The van der Waals surface area contributed by atoms with Crippen molar-refractivity contribution in [2.75, 3.05) is 6.54 Å². The summed E-state index contributed by atoms with van der Waals surface area (Å²) in [7, 11) is 0. The quantitative estimate of drug-likeness (QED) is 0.869. The van der Waals surface area contributed by atoms with Crippen LogP contribution in [0.25, 0.3) is 0 Å². The lowest BCUT2D eigenvalue weighted by Gasteiger charge is -2.14. The topological polar surface area (TPSA) is 62.1 Å². The molecule has 1 aromatic carbocycles. The van der Waals surface area contributed by atoms with E-state index in [2.05, 4.69) is 5.32 Å². The highest BCUT2D eigenvalue weighted by Crippen LogP contribution is 2.17. The number of hydrogen-bond donors (Lipinski definition) is 1. The van der Waals surface area contributed by atoms with Crippen molar-refractivity contribution in [2.45, 2.75) is 26.4 Å². The summed E-state index contributed by atoms with van der Waals surface area (Å²) in [6.45, 7) is 4.11. The zero-order valence-electron chi connectivity index (χ0n) is 10.4. The van der Waals surface area contributed by atoms with Crippen LogP contribution in [0, 0.1) is 17.1 Å². The monoisotopic (exact) mass is 250 g/mol. The van der Waals surface area contributed by atoms with Gasteiger partial charge in [0, 0.05) is 12.6 Å². The van der Waals surface area contributed by atoms with E-state index in [0.717, 1.165) is 12.5 Å². The van der Waals surface area contributed by atoms with Crippen LogP contribution in [0.5, 0.6) is 5.75 Å². The Bertz CT molecular complexity index is 469. The van der Waals surface area contributed by atoms with Crippen LogP contribution in [0.4, 0.5) is 4.39 Å².